The van der Waals surface area contributed by atoms with Crippen LogP contribution in [0.5, 0.6) is 0 Å². The van der Waals surface area contributed by atoms with Gasteiger partial charge in [-0.15, -0.1) is 0 Å². The van der Waals surface area contributed by atoms with Gasteiger partial charge in [-0.2, -0.15) is 0 Å². The molecule has 1 aromatic rings. The van der Waals surface area contributed by atoms with E-state index in [-0.39, 0.29) is 18.0 Å². The van der Waals surface area contributed by atoms with Gasteiger partial charge in [0, 0.05) is 27.2 Å². The summed E-state index contributed by atoms with van der Waals surface area (Å²) in [4.78, 5) is 27.1. The van der Waals surface area contributed by atoms with Gasteiger partial charge < -0.3 is 14.1 Å². The van der Waals surface area contributed by atoms with Crippen LogP contribution in [-0.4, -0.2) is 61.5 Å². The zero-order valence-electron chi connectivity index (χ0n) is 11.9. The average Bonchev–Trinajstić information content (AvgIpc) is 2.95. The summed E-state index contributed by atoms with van der Waals surface area (Å²) in [5.74, 6) is -0.250. The summed E-state index contributed by atoms with van der Waals surface area (Å²) in [5, 5.41) is 0. The van der Waals surface area contributed by atoms with E-state index in [2.05, 4.69) is 4.90 Å². The lowest BCUT2D eigenvalue weighted by atomic mass is 10.1. The van der Waals surface area contributed by atoms with Crippen molar-refractivity contribution in [1.82, 2.24) is 9.80 Å². The Bertz CT molecular complexity index is 448. The predicted molar refractivity (Wildman–Crippen MR) is 72.3 cm³/mol. The summed E-state index contributed by atoms with van der Waals surface area (Å²) >= 11 is 0. The standard InChI is InChI=1S/C14H20N2O4/c1-15(2)13(17)9-16-6-3-12(4-7-16)20-14(18)11-5-8-19-10-11/h5,8,10,12H,3-4,6-7,9H2,1-2H3. The van der Waals surface area contributed by atoms with Gasteiger partial charge in [-0.05, 0) is 18.9 Å². The van der Waals surface area contributed by atoms with E-state index < -0.39 is 0 Å². The Morgan fingerprint density at radius 1 is 1.40 bits per heavy atom. The minimum atomic E-state index is -0.346. The van der Waals surface area contributed by atoms with E-state index in [1.165, 1.54) is 12.5 Å². The number of hydrogen-bond donors (Lipinski definition) is 0. The number of amides is 1. The van der Waals surface area contributed by atoms with Gasteiger partial charge in [-0.3, -0.25) is 9.69 Å². The van der Waals surface area contributed by atoms with Crippen molar-refractivity contribution in [3.63, 3.8) is 0 Å². The lowest BCUT2D eigenvalue weighted by Crippen LogP contribution is -2.43. The highest BCUT2D eigenvalue weighted by Gasteiger charge is 2.24. The first kappa shape index (κ1) is 14.6. The monoisotopic (exact) mass is 280 g/mol. The summed E-state index contributed by atoms with van der Waals surface area (Å²) in [5.41, 5.74) is 0.440. The summed E-state index contributed by atoms with van der Waals surface area (Å²) in [6, 6.07) is 1.59. The van der Waals surface area contributed by atoms with E-state index in [0.29, 0.717) is 12.1 Å². The maximum Gasteiger partial charge on any atom is 0.341 e. The third-order valence-electron chi connectivity index (χ3n) is 3.42. The number of furan rings is 1. The zero-order valence-corrected chi connectivity index (χ0v) is 11.9. The Kier molecular flexibility index (Phi) is 4.79. The maximum atomic E-state index is 11.8. The van der Waals surface area contributed by atoms with E-state index in [9.17, 15) is 9.59 Å². The van der Waals surface area contributed by atoms with E-state index in [4.69, 9.17) is 9.15 Å². The van der Waals surface area contributed by atoms with Crippen LogP contribution in [0.1, 0.15) is 23.2 Å². The normalized spacial score (nSPS) is 16.9. The molecule has 0 atom stereocenters. The number of likely N-dealkylation sites (N-methyl/N-ethyl adjacent to an activating group) is 1. The predicted octanol–water partition coefficient (Wildman–Crippen LogP) is 0.989. The molecule has 110 valence electrons. The largest absolute Gasteiger partial charge is 0.472 e. The van der Waals surface area contributed by atoms with Crippen LogP contribution in [-0.2, 0) is 9.53 Å². The van der Waals surface area contributed by atoms with Crippen molar-refractivity contribution in [1.29, 1.82) is 0 Å². The average molecular weight is 280 g/mol. The van der Waals surface area contributed by atoms with Gasteiger partial charge in [0.1, 0.15) is 12.4 Å². The fourth-order valence-corrected chi connectivity index (χ4v) is 2.12. The van der Waals surface area contributed by atoms with E-state index in [1.807, 2.05) is 0 Å². The second-order valence-corrected chi connectivity index (χ2v) is 5.18. The van der Waals surface area contributed by atoms with Crippen LogP contribution < -0.4 is 0 Å². The van der Waals surface area contributed by atoms with E-state index in [0.717, 1.165) is 25.9 Å². The molecule has 1 aliphatic heterocycles. The van der Waals surface area contributed by atoms with Gasteiger partial charge in [0.2, 0.25) is 5.91 Å². The maximum absolute atomic E-state index is 11.8. The van der Waals surface area contributed by atoms with Gasteiger partial charge in [-0.1, -0.05) is 0 Å². The molecule has 6 heteroatoms. The fraction of sp³-hybridized carbons (Fsp3) is 0.571. The van der Waals surface area contributed by atoms with E-state index >= 15 is 0 Å². The first-order valence-electron chi connectivity index (χ1n) is 6.72. The molecule has 0 radical (unpaired) electrons. The molecule has 0 aromatic carbocycles. The van der Waals surface area contributed by atoms with Gasteiger partial charge in [0.25, 0.3) is 0 Å². The first-order chi connectivity index (χ1) is 9.56. The highest BCUT2D eigenvalue weighted by Crippen LogP contribution is 2.16. The Balaban J connectivity index is 1.74. The Hall–Kier alpha value is -1.82. The SMILES string of the molecule is CN(C)C(=O)CN1CCC(OC(=O)c2ccoc2)CC1. The number of carbonyl (C=O) groups is 2. The number of ether oxygens (including phenoxy) is 1. The highest BCUT2D eigenvalue weighted by atomic mass is 16.5. The summed E-state index contributed by atoms with van der Waals surface area (Å²) in [6.45, 7) is 1.96. The summed E-state index contributed by atoms with van der Waals surface area (Å²) in [7, 11) is 3.50. The molecule has 1 fully saturated rings. The van der Waals surface area contributed by atoms with Crippen LogP contribution >= 0.6 is 0 Å². The summed E-state index contributed by atoms with van der Waals surface area (Å²) in [6.07, 6.45) is 4.26. The lowest BCUT2D eigenvalue weighted by molar-refractivity contribution is -0.130. The van der Waals surface area contributed by atoms with Crippen LogP contribution in [0.3, 0.4) is 0 Å². The number of nitrogens with zero attached hydrogens (tertiary/aromatic N) is 2. The van der Waals surface area contributed by atoms with Crippen LogP contribution in [0.2, 0.25) is 0 Å². The van der Waals surface area contributed by atoms with Crippen LogP contribution in [0.25, 0.3) is 0 Å². The second kappa shape index (κ2) is 6.56. The molecule has 0 N–H and O–H groups in total. The minimum absolute atomic E-state index is 0.0805. The number of esters is 1. The van der Waals surface area contributed by atoms with Crippen molar-refractivity contribution < 1.29 is 18.7 Å². The third-order valence-corrected chi connectivity index (χ3v) is 3.42. The minimum Gasteiger partial charge on any atom is -0.472 e. The molecule has 6 nitrogen and oxygen atoms in total. The molecule has 20 heavy (non-hydrogen) atoms. The van der Waals surface area contributed by atoms with Gasteiger partial charge in [0.05, 0.1) is 18.4 Å². The Morgan fingerprint density at radius 3 is 2.65 bits per heavy atom. The van der Waals surface area contributed by atoms with Gasteiger partial charge in [-0.25, -0.2) is 4.79 Å². The molecule has 1 amide bonds. The number of likely N-dealkylation sites (tertiary alicyclic amines) is 1. The van der Waals surface area contributed by atoms with Crippen LogP contribution in [0.4, 0.5) is 0 Å². The zero-order chi connectivity index (χ0) is 14.5. The van der Waals surface area contributed by atoms with Crippen molar-refractivity contribution in [3.8, 4) is 0 Å². The van der Waals surface area contributed by atoms with Gasteiger partial charge >= 0.3 is 5.97 Å². The number of hydrogen-bond acceptors (Lipinski definition) is 5. The molecular weight excluding hydrogens is 260 g/mol. The topological polar surface area (TPSA) is 63.0 Å². The van der Waals surface area contributed by atoms with Crippen molar-refractivity contribution in [2.24, 2.45) is 0 Å². The molecule has 0 bridgehead atoms. The molecule has 1 aliphatic rings. The lowest BCUT2D eigenvalue weighted by Gasteiger charge is -2.31. The fourth-order valence-electron chi connectivity index (χ4n) is 2.12. The first-order valence-corrected chi connectivity index (χ1v) is 6.72. The highest BCUT2D eigenvalue weighted by molar-refractivity contribution is 5.88. The molecule has 2 heterocycles. The molecular formula is C14H20N2O4. The molecule has 1 aromatic heterocycles. The van der Waals surface area contributed by atoms with Crippen LogP contribution in [0.15, 0.2) is 23.0 Å². The van der Waals surface area contributed by atoms with Crippen molar-refractivity contribution >= 4 is 11.9 Å². The van der Waals surface area contributed by atoms with E-state index in [1.54, 1.807) is 25.1 Å². The van der Waals surface area contributed by atoms with Crippen molar-refractivity contribution in [3.05, 3.63) is 24.2 Å². The van der Waals surface area contributed by atoms with Crippen molar-refractivity contribution in [2.75, 3.05) is 33.7 Å². The third kappa shape index (κ3) is 3.84. The Labute approximate surface area is 118 Å². The number of carbonyl (C=O) groups excluding carboxylic acids is 2. The molecule has 0 spiro atoms. The van der Waals surface area contributed by atoms with Crippen molar-refractivity contribution in [2.45, 2.75) is 18.9 Å². The second-order valence-electron chi connectivity index (χ2n) is 5.18. The molecule has 0 aliphatic carbocycles. The number of piperidine rings is 1. The molecule has 0 unspecified atom stereocenters. The summed E-state index contributed by atoms with van der Waals surface area (Å²) < 4.78 is 10.3. The molecule has 1 saturated heterocycles. The smallest absolute Gasteiger partial charge is 0.341 e. The van der Waals surface area contributed by atoms with Gasteiger partial charge in [0.15, 0.2) is 0 Å². The number of rotatable bonds is 4. The molecule has 2 rings (SSSR count). The molecule has 0 saturated carbocycles. The van der Waals surface area contributed by atoms with Crippen LogP contribution in [0, 0.1) is 0 Å². The Morgan fingerprint density at radius 2 is 2.10 bits per heavy atom. The quantitative estimate of drug-likeness (QED) is 0.770.